The van der Waals surface area contributed by atoms with Crippen LogP contribution in [0.15, 0.2) is 18.2 Å². The van der Waals surface area contributed by atoms with Gasteiger partial charge in [0.25, 0.3) is 0 Å². The van der Waals surface area contributed by atoms with E-state index in [-0.39, 0.29) is 5.56 Å². The third-order valence-electron chi connectivity index (χ3n) is 4.41. The van der Waals surface area contributed by atoms with Gasteiger partial charge in [0.1, 0.15) is 11.6 Å². The van der Waals surface area contributed by atoms with Crippen LogP contribution in [0.4, 0.5) is 8.78 Å². The molecule has 0 aliphatic heterocycles. The SMILES string of the molecule is CCCNC1CCC(Cc2c(F)cccc2F)C1C. The van der Waals surface area contributed by atoms with E-state index in [1.165, 1.54) is 18.2 Å². The second-order valence-corrected chi connectivity index (χ2v) is 5.66. The highest BCUT2D eigenvalue weighted by Crippen LogP contribution is 2.35. The van der Waals surface area contributed by atoms with Crippen molar-refractivity contribution in [2.75, 3.05) is 6.54 Å². The van der Waals surface area contributed by atoms with E-state index in [2.05, 4.69) is 19.2 Å². The highest BCUT2D eigenvalue weighted by atomic mass is 19.1. The smallest absolute Gasteiger partial charge is 0.129 e. The van der Waals surface area contributed by atoms with Crippen LogP contribution in [0.3, 0.4) is 0 Å². The summed E-state index contributed by atoms with van der Waals surface area (Å²) in [6, 6.07) is 4.63. The van der Waals surface area contributed by atoms with Crippen LogP contribution in [0, 0.1) is 23.5 Å². The minimum Gasteiger partial charge on any atom is -0.314 e. The van der Waals surface area contributed by atoms with E-state index in [1.807, 2.05) is 0 Å². The highest BCUT2D eigenvalue weighted by molar-refractivity contribution is 5.20. The Morgan fingerprint density at radius 2 is 1.89 bits per heavy atom. The quantitative estimate of drug-likeness (QED) is 0.852. The molecule has 1 aliphatic rings. The summed E-state index contributed by atoms with van der Waals surface area (Å²) in [6.07, 6.45) is 3.80. The van der Waals surface area contributed by atoms with E-state index in [0.717, 1.165) is 25.8 Å². The number of halogens is 2. The van der Waals surface area contributed by atoms with Gasteiger partial charge in [0.2, 0.25) is 0 Å². The molecule has 0 bridgehead atoms. The van der Waals surface area contributed by atoms with Gasteiger partial charge in [0.15, 0.2) is 0 Å². The third kappa shape index (κ3) is 3.33. The molecule has 19 heavy (non-hydrogen) atoms. The van der Waals surface area contributed by atoms with Crippen molar-refractivity contribution in [3.8, 4) is 0 Å². The van der Waals surface area contributed by atoms with Gasteiger partial charge in [-0.2, -0.15) is 0 Å². The minimum absolute atomic E-state index is 0.260. The molecule has 1 saturated carbocycles. The van der Waals surface area contributed by atoms with E-state index < -0.39 is 11.6 Å². The first-order chi connectivity index (χ1) is 9.13. The lowest BCUT2D eigenvalue weighted by molar-refractivity contribution is 0.345. The average Bonchev–Trinajstić information content (AvgIpc) is 2.73. The molecule has 3 unspecified atom stereocenters. The fourth-order valence-corrected chi connectivity index (χ4v) is 3.14. The highest BCUT2D eigenvalue weighted by Gasteiger charge is 2.33. The molecule has 3 atom stereocenters. The summed E-state index contributed by atoms with van der Waals surface area (Å²) in [5.41, 5.74) is 0.260. The van der Waals surface area contributed by atoms with Crippen LogP contribution in [0.2, 0.25) is 0 Å². The van der Waals surface area contributed by atoms with Crippen molar-refractivity contribution in [1.82, 2.24) is 5.32 Å². The second-order valence-electron chi connectivity index (χ2n) is 5.66. The van der Waals surface area contributed by atoms with Gasteiger partial charge in [0, 0.05) is 11.6 Å². The Kier molecular flexibility index (Phi) is 4.92. The van der Waals surface area contributed by atoms with E-state index >= 15 is 0 Å². The standard InChI is InChI=1S/C16H23F2N/c1-3-9-19-16-8-7-12(11(16)2)10-13-14(17)5-4-6-15(13)18/h4-6,11-12,16,19H,3,7-10H2,1-2H3. The zero-order valence-corrected chi connectivity index (χ0v) is 11.8. The minimum atomic E-state index is -0.405. The Hall–Kier alpha value is -0.960. The van der Waals surface area contributed by atoms with Crippen LogP contribution in [-0.2, 0) is 6.42 Å². The summed E-state index contributed by atoms with van der Waals surface area (Å²) in [5, 5.41) is 3.54. The van der Waals surface area contributed by atoms with Gasteiger partial charge < -0.3 is 5.32 Å². The maximum atomic E-state index is 13.7. The first-order valence-corrected chi connectivity index (χ1v) is 7.29. The number of nitrogens with one attached hydrogen (secondary N) is 1. The Morgan fingerprint density at radius 1 is 1.21 bits per heavy atom. The molecule has 1 nitrogen and oxygen atoms in total. The molecule has 106 valence electrons. The van der Waals surface area contributed by atoms with Crippen LogP contribution in [0.5, 0.6) is 0 Å². The molecule has 0 saturated heterocycles. The van der Waals surface area contributed by atoms with Crippen molar-refractivity contribution in [1.29, 1.82) is 0 Å². The van der Waals surface area contributed by atoms with Crippen LogP contribution < -0.4 is 5.32 Å². The maximum Gasteiger partial charge on any atom is 0.129 e. The van der Waals surface area contributed by atoms with Gasteiger partial charge in [-0.1, -0.05) is 19.9 Å². The first kappa shape index (κ1) is 14.4. The molecular formula is C16H23F2N. The molecule has 1 N–H and O–H groups in total. The van der Waals surface area contributed by atoms with Crippen LogP contribution >= 0.6 is 0 Å². The predicted molar refractivity (Wildman–Crippen MR) is 74.0 cm³/mol. The Labute approximate surface area is 114 Å². The average molecular weight is 267 g/mol. The van der Waals surface area contributed by atoms with Crippen LogP contribution in [-0.4, -0.2) is 12.6 Å². The lowest BCUT2D eigenvalue weighted by Gasteiger charge is -2.22. The topological polar surface area (TPSA) is 12.0 Å². The van der Waals surface area contributed by atoms with Crippen LogP contribution in [0.25, 0.3) is 0 Å². The summed E-state index contributed by atoms with van der Waals surface area (Å²) in [5.74, 6) is 0.0423. The zero-order chi connectivity index (χ0) is 13.8. The third-order valence-corrected chi connectivity index (χ3v) is 4.41. The summed E-state index contributed by atoms with van der Waals surface area (Å²) >= 11 is 0. The van der Waals surface area contributed by atoms with Gasteiger partial charge >= 0.3 is 0 Å². The maximum absolute atomic E-state index is 13.7. The van der Waals surface area contributed by atoms with Gasteiger partial charge in [-0.3, -0.25) is 0 Å². The van der Waals surface area contributed by atoms with E-state index in [0.29, 0.717) is 24.3 Å². The Bertz CT molecular complexity index is 399. The van der Waals surface area contributed by atoms with E-state index in [4.69, 9.17) is 0 Å². The molecule has 1 aliphatic carbocycles. The molecule has 1 fully saturated rings. The van der Waals surface area contributed by atoms with Crippen molar-refractivity contribution in [3.05, 3.63) is 35.4 Å². The zero-order valence-electron chi connectivity index (χ0n) is 11.8. The molecule has 1 aromatic rings. The van der Waals surface area contributed by atoms with Crippen molar-refractivity contribution in [2.45, 2.75) is 45.6 Å². The monoisotopic (exact) mass is 267 g/mol. The summed E-state index contributed by atoms with van der Waals surface area (Å²) < 4.78 is 27.4. The molecule has 2 rings (SSSR count). The number of rotatable bonds is 5. The molecule has 1 aromatic carbocycles. The van der Waals surface area contributed by atoms with Gasteiger partial charge in [-0.05, 0) is 56.2 Å². The molecule has 3 heteroatoms. The Balaban J connectivity index is 2.00. The van der Waals surface area contributed by atoms with Gasteiger partial charge in [-0.25, -0.2) is 8.78 Å². The second kappa shape index (κ2) is 6.47. The molecule has 0 radical (unpaired) electrons. The van der Waals surface area contributed by atoms with Crippen molar-refractivity contribution in [3.63, 3.8) is 0 Å². The number of benzene rings is 1. The van der Waals surface area contributed by atoms with Crippen molar-refractivity contribution in [2.24, 2.45) is 11.8 Å². The molecular weight excluding hydrogens is 244 g/mol. The van der Waals surface area contributed by atoms with Gasteiger partial charge in [0.05, 0.1) is 0 Å². The predicted octanol–water partition coefficient (Wildman–Crippen LogP) is 3.92. The lowest BCUT2D eigenvalue weighted by Crippen LogP contribution is -2.33. The lowest BCUT2D eigenvalue weighted by atomic mass is 9.89. The van der Waals surface area contributed by atoms with E-state index in [1.54, 1.807) is 0 Å². The van der Waals surface area contributed by atoms with Crippen LogP contribution in [0.1, 0.15) is 38.7 Å². The molecule has 0 amide bonds. The van der Waals surface area contributed by atoms with Gasteiger partial charge in [-0.15, -0.1) is 0 Å². The fraction of sp³-hybridized carbons (Fsp3) is 0.625. The fourth-order valence-electron chi connectivity index (χ4n) is 3.14. The normalized spacial score (nSPS) is 26.8. The molecule has 0 heterocycles. The Morgan fingerprint density at radius 3 is 2.53 bits per heavy atom. The van der Waals surface area contributed by atoms with E-state index in [9.17, 15) is 8.78 Å². The first-order valence-electron chi connectivity index (χ1n) is 7.29. The number of hydrogen-bond donors (Lipinski definition) is 1. The summed E-state index contributed by atoms with van der Waals surface area (Å²) in [6.45, 7) is 5.37. The summed E-state index contributed by atoms with van der Waals surface area (Å²) in [7, 11) is 0. The molecule has 0 spiro atoms. The largest absolute Gasteiger partial charge is 0.314 e. The van der Waals surface area contributed by atoms with Crippen molar-refractivity contribution < 1.29 is 8.78 Å². The number of hydrogen-bond acceptors (Lipinski definition) is 1. The molecule has 0 aromatic heterocycles. The van der Waals surface area contributed by atoms with Crippen molar-refractivity contribution >= 4 is 0 Å². The summed E-state index contributed by atoms with van der Waals surface area (Å²) in [4.78, 5) is 0.